The number of carboxylic acids is 1. The summed E-state index contributed by atoms with van der Waals surface area (Å²) in [6, 6.07) is 14.3. The molecule has 2 aromatic rings. The third-order valence-electron chi connectivity index (χ3n) is 3.07. The second-order valence-electron chi connectivity index (χ2n) is 4.69. The highest BCUT2D eigenvalue weighted by molar-refractivity contribution is 5.87. The van der Waals surface area contributed by atoms with Crippen molar-refractivity contribution in [1.29, 1.82) is 0 Å². The van der Waals surface area contributed by atoms with Gasteiger partial charge in [0.25, 0.3) is 0 Å². The molecule has 0 aliphatic rings. The Morgan fingerprint density at radius 3 is 2.57 bits per heavy atom. The van der Waals surface area contributed by atoms with E-state index in [1.165, 1.54) is 12.1 Å². The Kier molecular flexibility index (Phi) is 4.72. The highest BCUT2D eigenvalue weighted by Crippen LogP contribution is 2.26. The zero-order valence-corrected chi connectivity index (χ0v) is 11.7. The molecule has 0 aliphatic carbocycles. The number of aliphatic carboxylic acids is 1. The molecule has 0 aliphatic heterocycles. The Balaban J connectivity index is 2.31. The van der Waals surface area contributed by atoms with Crippen molar-refractivity contribution >= 4 is 17.7 Å². The molecular weight excluding hydrogens is 269 g/mol. The number of anilines is 1. The van der Waals surface area contributed by atoms with Crippen LogP contribution >= 0.6 is 0 Å². The molecule has 3 nitrogen and oxygen atoms in total. The zero-order chi connectivity index (χ0) is 15.2. The van der Waals surface area contributed by atoms with Gasteiger partial charge in [0.2, 0.25) is 0 Å². The molecule has 0 fully saturated rings. The van der Waals surface area contributed by atoms with Gasteiger partial charge in [-0.3, -0.25) is 0 Å². The smallest absolute Gasteiger partial charge is 0.328 e. The second-order valence-corrected chi connectivity index (χ2v) is 4.69. The number of halogens is 1. The van der Waals surface area contributed by atoms with Gasteiger partial charge in [0.15, 0.2) is 0 Å². The molecule has 1 N–H and O–H groups in total. The predicted molar refractivity (Wildman–Crippen MR) is 81.6 cm³/mol. The Morgan fingerprint density at radius 1 is 1.19 bits per heavy atom. The quantitative estimate of drug-likeness (QED) is 0.854. The summed E-state index contributed by atoms with van der Waals surface area (Å²) in [4.78, 5) is 12.4. The van der Waals surface area contributed by atoms with E-state index in [-0.39, 0.29) is 5.82 Å². The first-order valence-electron chi connectivity index (χ1n) is 6.52. The summed E-state index contributed by atoms with van der Waals surface area (Å²) in [5.74, 6) is -1.43. The van der Waals surface area contributed by atoms with Crippen molar-refractivity contribution in [3.05, 3.63) is 71.6 Å². The monoisotopic (exact) mass is 285 g/mol. The molecule has 0 heterocycles. The van der Waals surface area contributed by atoms with Gasteiger partial charge in [-0.1, -0.05) is 42.5 Å². The van der Waals surface area contributed by atoms with Gasteiger partial charge in [-0.25, -0.2) is 9.18 Å². The van der Waals surface area contributed by atoms with E-state index in [4.69, 9.17) is 5.11 Å². The van der Waals surface area contributed by atoms with Gasteiger partial charge < -0.3 is 10.0 Å². The van der Waals surface area contributed by atoms with Crippen LogP contribution in [-0.4, -0.2) is 18.1 Å². The fourth-order valence-electron chi connectivity index (χ4n) is 2.17. The molecule has 21 heavy (non-hydrogen) atoms. The van der Waals surface area contributed by atoms with Crippen LogP contribution in [0.15, 0.2) is 54.6 Å². The maximum Gasteiger partial charge on any atom is 0.328 e. The Hall–Kier alpha value is -2.62. The lowest BCUT2D eigenvalue weighted by Crippen LogP contribution is -2.18. The van der Waals surface area contributed by atoms with Crippen LogP contribution < -0.4 is 4.90 Å². The van der Waals surface area contributed by atoms with Crippen LogP contribution in [0.3, 0.4) is 0 Å². The first kappa shape index (κ1) is 14.8. The minimum absolute atomic E-state index is 0.374. The van der Waals surface area contributed by atoms with Crippen molar-refractivity contribution < 1.29 is 14.3 Å². The van der Waals surface area contributed by atoms with Crippen molar-refractivity contribution in [3.63, 3.8) is 0 Å². The highest BCUT2D eigenvalue weighted by atomic mass is 19.1. The molecule has 0 aromatic heterocycles. The number of carboxylic acid groups (broad SMARTS) is 1. The zero-order valence-electron chi connectivity index (χ0n) is 11.7. The van der Waals surface area contributed by atoms with Gasteiger partial charge in [0.05, 0.1) is 5.69 Å². The van der Waals surface area contributed by atoms with E-state index in [1.807, 2.05) is 30.3 Å². The molecule has 0 atom stereocenters. The van der Waals surface area contributed by atoms with Crippen LogP contribution in [0.5, 0.6) is 0 Å². The van der Waals surface area contributed by atoms with Crippen LogP contribution in [0.25, 0.3) is 6.08 Å². The van der Waals surface area contributed by atoms with E-state index in [2.05, 4.69) is 0 Å². The lowest BCUT2D eigenvalue weighted by atomic mass is 10.1. The summed E-state index contributed by atoms with van der Waals surface area (Å²) in [5, 5.41) is 8.71. The molecule has 0 saturated heterocycles. The molecule has 0 spiro atoms. The average Bonchev–Trinajstić information content (AvgIpc) is 2.46. The van der Waals surface area contributed by atoms with E-state index in [0.29, 0.717) is 17.8 Å². The number of carbonyl (C=O) groups is 1. The topological polar surface area (TPSA) is 40.5 Å². The number of hydrogen-bond donors (Lipinski definition) is 1. The third-order valence-corrected chi connectivity index (χ3v) is 3.07. The minimum atomic E-state index is -1.06. The predicted octanol–water partition coefficient (Wildman–Crippen LogP) is 3.56. The molecule has 108 valence electrons. The molecule has 4 heteroatoms. The van der Waals surface area contributed by atoms with Gasteiger partial charge >= 0.3 is 5.97 Å². The summed E-state index contributed by atoms with van der Waals surface area (Å²) in [5.41, 5.74) is 1.98. The standard InChI is InChI=1S/C17H16FNO2/c1-19(12-13-6-3-2-4-7-13)17-14(10-11-16(20)21)8-5-9-15(17)18/h2-11H,12H2,1H3,(H,20,21)/b11-10+. The van der Waals surface area contributed by atoms with E-state index in [9.17, 15) is 9.18 Å². The first-order valence-corrected chi connectivity index (χ1v) is 6.52. The van der Waals surface area contributed by atoms with Crippen LogP contribution in [0, 0.1) is 5.82 Å². The fourth-order valence-corrected chi connectivity index (χ4v) is 2.17. The average molecular weight is 285 g/mol. The van der Waals surface area contributed by atoms with Crippen molar-refractivity contribution in [2.75, 3.05) is 11.9 Å². The van der Waals surface area contributed by atoms with Crippen LogP contribution in [0.1, 0.15) is 11.1 Å². The van der Waals surface area contributed by atoms with E-state index >= 15 is 0 Å². The number of rotatable bonds is 5. The fraction of sp³-hybridized carbons (Fsp3) is 0.118. The maximum absolute atomic E-state index is 14.1. The molecule has 0 bridgehead atoms. The van der Waals surface area contributed by atoms with Gasteiger partial charge in [0.1, 0.15) is 5.82 Å². The van der Waals surface area contributed by atoms with E-state index in [0.717, 1.165) is 11.6 Å². The summed E-state index contributed by atoms with van der Waals surface area (Å²) in [6.45, 7) is 0.537. The van der Waals surface area contributed by atoms with Gasteiger partial charge in [-0.05, 0) is 17.7 Å². The van der Waals surface area contributed by atoms with Crippen molar-refractivity contribution in [1.82, 2.24) is 0 Å². The van der Waals surface area contributed by atoms with Crippen LogP contribution in [-0.2, 0) is 11.3 Å². The number of hydrogen-bond acceptors (Lipinski definition) is 2. The van der Waals surface area contributed by atoms with Crippen LogP contribution in [0.4, 0.5) is 10.1 Å². The Bertz CT molecular complexity index is 653. The molecule has 2 aromatic carbocycles. The summed E-state index contributed by atoms with van der Waals surface area (Å²) in [7, 11) is 1.78. The number of nitrogens with zero attached hydrogens (tertiary/aromatic N) is 1. The highest BCUT2D eigenvalue weighted by Gasteiger charge is 2.12. The Morgan fingerprint density at radius 2 is 1.90 bits per heavy atom. The van der Waals surface area contributed by atoms with Crippen molar-refractivity contribution in [3.8, 4) is 0 Å². The number of benzene rings is 2. The van der Waals surface area contributed by atoms with Gasteiger partial charge in [-0.15, -0.1) is 0 Å². The molecule has 2 rings (SSSR count). The van der Waals surface area contributed by atoms with E-state index < -0.39 is 5.97 Å². The maximum atomic E-state index is 14.1. The van der Waals surface area contributed by atoms with Crippen molar-refractivity contribution in [2.24, 2.45) is 0 Å². The Labute approximate surface area is 123 Å². The van der Waals surface area contributed by atoms with E-state index in [1.54, 1.807) is 24.1 Å². The molecule has 0 saturated carbocycles. The second kappa shape index (κ2) is 6.70. The third kappa shape index (κ3) is 3.92. The molecule has 0 radical (unpaired) electrons. The van der Waals surface area contributed by atoms with Gasteiger partial charge in [0, 0.05) is 25.2 Å². The largest absolute Gasteiger partial charge is 0.478 e. The molecule has 0 amide bonds. The summed E-state index contributed by atoms with van der Waals surface area (Å²) < 4.78 is 14.1. The van der Waals surface area contributed by atoms with Crippen molar-refractivity contribution in [2.45, 2.75) is 6.54 Å². The first-order chi connectivity index (χ1) is 10.1. The molecule has 0 unspecified atom stereocenters. The molecular formula is C17H16FNO2. The number of para-hydroxylation sites is 1. The normalized spacial score (nSPS) is 10.8. The summed E-state index contributed by atoms with van der Waals surface area (Å²) >= 11 is 0. The SMILES string of the molecule is CN(Cc1ccccc1)c1c(F)cccc1/C=C/C(=O)O. The minimum Gasteiger partial charge on any atom is -0.478 e. The lowest BCUT2D eigenvalue weighted by Gasteiger charge is -2.22. The lowest BCUT2D eigenvalue weighted by molar-refractivity contribution is -0.131. The van der Waals surface area contributed by atoms with Crippen LogP contribution in [0.2, 0.25) is 0 Å². The summed E-state index contributed by atoms with van der Waals surface area (Å²) in [6.07, 6.45) is 2.41. The van der Waals surface area contributed by atoms with Gasteiger partial charge in [-0.2, -0.15) is 0 Å².